The Morgan fingerprint density at radius 2 is 1.97 bits per heavy atom. The summed E-state index contributed by atoms with van der Waals surface area (Å²) in [5.41, 5.74) is 0.410. The van der Waals surface area contributed by atoms with Gasteiger partial charge in [0, 0.05) is 13.1 Å². The van der Waals surface area contributed by atoms with Gasteiger partial charge in [0.15, 0.2) is 0 Å². The van der Waals surface area contributed by atoms with Crippen LogP contribution >= 0.6 is 0 Å². The average molecular weight is 416 g/mol. The van der Waals surface area contributed by atoms with Crippen molar-refractivity contribution in [3.63, 3.8) is 0 Å². The highest BCUT2D eigenvalue weighted by Gasteiger charge is 2.36. The van der Waals surface area contributed by atoms with Crippen molar-refractivity contribution in [2.24, 2.45) is 5.92 Å². The van der Waals surface area contributed by atoms with E-state index in [4.69, 9.17) is 0 Å². The molecule has 0 bridgehead atoms. The maximum atomic E-state index is 13.0. The summed E-state index contributed by atoms with van der Waals surface area (Å²) in [6.45, 7) is 1.74. The van der Waals surface area contributed by atoms with E-state index in [0.29, 0.717) is 5.56 Å². The molecular weight excluding hydrogens is 399 g/mol. The summed E-state index contributed by atoms with van der Waals surface area (Å²) >= 11 is 0. The third-order valence-electron chi connectivity index (χ3n) is 4.53. The molecular formula is C19H17FN4O4S. The Balaban J connectivity index is 1.65. The lowest BCUT2D eigenvalue weighted by Gasteiger charge is -2.39. The topological polar surface area (TPSA) is 120 Å². The van der Waals surface area contributed by atoms with Gasteiger partial charge in [-0.25, -0.2) is 13.4 Å². The maximum Gasteiger partial charge on any atom is 0.333 e. The number of aryl methyl sites for hydroxylation is 1. The molecule has 0 spiro atoms. The summed E-state index contributed by atoms with van der Waals surface area (Å²) in [7, 11) is -3.84. The van der Waals surface area contributed by atoms with Crippen LogP contribution in [0.4, 0.5) is 10.2 Å². The molecule has 0 radical (unpaired) electrons. The van der Waals surface area contributed by atoms with Gasteiger partial charge in [-0.05, 0) is 18.6 Å². The van der Waals surface area contributed by atoms with Crippen LogP contribution in [0.3, 0.4) is 0 Å². The van der Waals surface area contributed by atoms with Crippen LogP contribution < -0.4 is 9.62 Å². The monoisotopic (exact) mass is 416 g/mol. The van der Waals surface area contributed by atoms with Crippen LogP contribution in [0.5, 0.6) is 0 Å². The van der Waals surface area contributed by atoms with Crippen molar-refractivity contribution in [3.8, 4) is 6.07 Å². The number of nitrogens with zero attached hydrogens (tertiary/aromatic N) is 3. The van der Waals surface area contributed by atoms with Crippen LogP contribution in [-0.2, 0) is 20.6 Å². The van der Waals surface area contributed by atoms with E-state index < -0.39 is 27.9 Å². The molecule has 1 N–H and O–H groups in total. The number of anilines is 1. The third-order valence-corrected chi connectivity index (χ3v) is 5.76. The number of carbonyl (C=O) groups excluding carboxylic acids is 2. The molecule has 2 heterocycles. The van der Waals surface area contributed by atoms with E-state index in [1.54, 1.807) is 35.2 Å². The lowest BCUT2D eigenvalue weighted by Crippen LogP contribution is -2.55. The van der Waals surface area contributed by atoms with E-state index in [2.05, 4.69) is 9.71 Å². The first-order chi connectivity index (χ1) is 13.7. The SMILES string of the molecule is Cc1nc(N2CC(C(=O)NS(=O)(=O)Cc3ccccc3)C2)c(C#N)cc1C(=O)F. The summed E-state index contributed by atoms with van der Waals surface area (Å²) in [5.74, 6) is -1.32. The van der Waals surface area contributed by atoms with E-state index in [1.165, 1.54) is 6.92 Å². The molecule has 1 amide bonds. The molecule has 0 aliphatic carbocycles. The molecule has 0 saturated carbocycles. The van der Waals surface area contributed by atoms with Crippen LogP contribution in [0.25, 0.3) is 0 Å². The van der Waals surface area contributed by atoms with Crippen molar-refractivity contribution < 1.29 is 22.4 Å². The number of rotatable bonds is 6. The highest BCUT2D eigenvalue weighted by Crippen LogP contribution is 2.28. The zero-order valence-corrected chi connectivity index (χ0v) is 16.2. The predicted molar refractivity (Wildman–Crippen MR) is 102 cm³/mol. The van der Waals surface area contributed by atoms with E-state index >= 15 is 0 Å². The summed E-state index contributed by atoms with van der Waals surface area (Å²) < 4.78 is 39.4. The van der Waals surface area contributed by atoms with Gasteiger partial charge in [0.2, 0.25) is 15.9 Å². The highest BCUT2D eigenvalue weighted by atomic mass is 32.2. The molecule has 1 aromatic heterocycles. The zero-order valence-electron chi connectivity index (χ0n) is 15.4. The number of amides is 1. The first kappa shape index (κ1) is 20.4. The molecule has 150 valence electrons. The Bertz CT molecular complexity index is 1110. The Labute approximate surface area is 167 Å². The van der Waals surface area contributed by atoms with Crippen LogP contribution in [0.15, 0.2) is 36.4 Å². The smallest absolute Gasteiger partial charge is 0.333 e. The first-order valence-corrected chi connectivity index (χ1v) is 10.3. The number of sulfonamides is 1. The van der Waals surface area contributed by atoms with Gasteiger partial charge >= 0.3 is 6.04 Å². The number of nitriles is 1. The Kier molecular flexibility index (Phi) is 5.61. The molecule has 1 saturated heterocycles. The van der Waals surface area contributed by atoms with E-state index in [-0.39, 0.29) is 41.5 Å². The summed E-state index contributed by atoms with van der Waals surface area (Å²) in [6, 6.07) is 9.78. The molecule has 3 rings (SSSR count). The van der Waals surface area contributed by atoms with Gasteiger partial charge < -0.3 is 4.90 Å². The fourth-order valence-corrected chi connectivity index (χ4v) is 4.18. The predicted octanol–water partition coefficient (Wildman–Crippen LogP) is 1.45. The molecule has 1 aliphatic heterocycles. The number of carbonyl (C=O) groups is 2. The molecule has 1 fully saturated rings. The quantitative estimate of drug-likeness (QED) is 0.708. The van der Waals surface area contributed by atoms with E-state index in [0.717, 1.165) is 6.07 Å². The van der Waals surface area contributed by atoms with Crippen molar-refractivity contribution in [2.75, 3.05) is 18.0 Å². The number of benzene rings is 1. The van der Waals surface area contributed by atoms with E-state index in [1.807, 2.05) is 6.07 Å². The fraction of sp³-hybridized carbons (Fsp3) is 0.263. The second kappa shape index (κ2) is 7.97. The summed E-state index contributed by atoms with van der Waals surface area (Å²) in [4.78, 5) is 28.9. The van der Waals surface area contributed by atoms with Crippen LogP contribution in [-0.4, -0.2) is 38.4 Å². The maximum absolute atomic E-state index is 13.0. The van der Waals surface area contributed by atoms with Gasteiger partial charge in [-0.1, -0.05) is 30.3 Å². The highest BCUT2D eigenvalue weighted by molar-refractivity contribution is 7.89. The standard InChI is InChI=1S/C19H17FN4O4S/c1-12-16(17(20)25)7-14(8-21)18(22-12)24-9-15(10-24)19(26)23-29(27,28)11-13-5-3-2-4-6-13/h2-7,15H,9-11H2,1H3,(H,23,26). The summed E-state index contributed by atoms with van der Waals surface area (Å²) in [6.07, 6.45) is 0. The number of aromatic nitrogens is 1. The van der Waals surface area contributed by atoms with E-state index in [9.17, 15) is 27.7 Å². The molecule has 0 unspecified atom stereocenters. The number of hydrogen-bond donors (Lipinski definition) is 1. The minimum absolute atomic E-state index is 0.00663. The van der Waals surface area contributed by atoms with Crippen molar-refractivity contribution in [1.29, 1.82) is 5.26 Å². The molecule has 1 aromatic carbocycles. The van der Waals surface area contributed by atoms with Crippen LogP contribution in [0.2, 0.25) is 0 Å². The minimum atomic E-state index is -3.84. The van der Waals surface area contributed by atoms with Gasteiger partial charge in [-0.2, -0.15) is 9.65 Å². The second-order valence-corrected chi connectivity index (χ2v) is 8.41. The largest absolute Gasteiger partial charge is 0.354 e. The van der Waals surface area contributed by atoms with Crippen molar-refractivity contribution >= 4 is 27.8 Å². The Hall–Kier alpha value is -3.32. The van der Waals surface area contributed by atoms with Gasteiger partial charge in [0.25, 0.3) is 0 Å². The molecule has 29 heavy (non-hydrogen) atoms. The van der Waals surface area contributed by atoms with Crippen LogP contribution in [0, 0.1) is 24.2 Å². The number of hydrogen-bond acceptors (Lipinski definition) is 7. The lowest BCUT2D eigenvalue weighted by molar-refractivity contribution is -0.123. The van der Waals surface area contributed by atoms with Gasteiger partial charge in [-0.15, -0.1) is 0 Å². The van der Waals surface area contributed by atoms with Crippen molar-refractivity contribution in [1.82, 2.24) is 9.71 Å². The Morgan fingerprint density at radius 3 is 2.55 bits per heavy atom. The van der Waals surface area contributed by atoms with Crippen molar-refractivity contribution in [3.05, 3.63) is 58.8 Å². The van der Waals surface area contributed by atoms with Gasteiger partial charge in [-0.3, -0.25) is 14.3 Å². The summed E-state index contributed by atoms with van der Waals surface area (Å²) in [5, 5.41) is 9.24. The number of nitrogens with one attached hydrogen (secondary N) is 1. The lowest BCUT2D eigenvalue weighted by atomic mass is 9.98. The molecule has 10 heteroatoms. The molecule has 8 nitrogen and oxygen atoms in total. The Morgan fingerprint density at radius 1 is 1.31 bits per heavy atom. The van der Waals surface area contributed by atoms with Crippen molar-refractivity contribution in [2.45, 2.75) is 12.7 Å². The zero-order chi connectivity index (χ0) is 21.2. The molecule has 2 aromatic rings. The second-order valence-electron chi connectivity index (χ2n) is 6.69. The van der Waals surface area contributed by atoms with Gasteiger partial charge in [0.05, 0.1) is 28.5 Å². The first-order valence-electron chi connectivity index (χ1n) is 8.65. The number of halogens is 1. The molecule has 0 atom stereocenters. The fourth-order valence-electron chi connectivity index (χ4n) is 3.00. The molecule has 1 aliphatic rings. The van der Waals surface area contributed by atoms with Crippen LogP contribution in [0.1, 0.15) is 27.2 Å². The van der Waals surface area contributed by atoms with Gasteiger partial charge in [0.1, 0.15) is 11.9 Å². The number of pyridine rings is 1. The third kappa shape index (κ3) is 4.57. The minimum Gasteiger partial charge on any atom is -0.354 e. The normalized spacial score (nSPS) is 14.0. The average Bonchev–Trinajstić information content (AvgIpc) is 2.60.